The van der Waals surface area contributed by atoms with Crippen molar-refractivity contribution in [3.05, 3.63) is 11.6 Å². The Hall–Kier alpha value is -0.920. The van der Waals surface area contributed by atoms with Crippen molar-refractivity contribution in [2.75, 3.05) is 0 Å². The van der Waals surface area contributed by atoms with Gasteiger partial charge < -0.3 is 4.79 Å². The number of hydrogen-bond acceptors (Lipinski definition) is 2. The van der Waals surface area contributed by atoms with E-state index in [1.807, 2.05) is 6.08 Å². The maximum atomic E-state index is 11.7. The number of carbonyl (C=O) groups excluding carboxylic acids is 2. The van der Waals surface area contributed by atoms with E-state index >= 15 is 0 Å². The molecule has 5 atom stereocenters. The highest BCUT2D eigenvalue weighted by atomic mass is 16.1. The first-order chi connectivity index (χ1) is 9.59. The summed E-state index contributed by atoms with van der Waals surface area (Å²) in [5, 5.41) is 0. The van der Waals surface area contributed by atoms with Crippen LogP contribution < -0.4 is 0 Å². The van der Waals surface area contributed by atoms with Crippen LogP contribution in [-0.2, 0) is 9.59 Å². The lowest BCUT2D eigenvalue weighted by atomic mass is 9.42. The summed E-state index contributed by atoms with van der Waals surface area (Å²) in [5.41, 5.74) is 1.72. The molecule has 0 heterocycles. The molecule has 0 amide bonds. The highest BCUT2D eigenvalue weighted by Gasteiger charge is 2.59. The molecule has 3 fully saturated rings. The van der Waals surface area contributed by atoms with Crippen LogP contribution >= 0.6 is 0 Å². The molecule has 0 aromatic heterocycles. The van der Waals surface area contributed by atoms with E-state index in [0.717, 1.165) is 38.0 Å². The largest absolute Gasteiger partial charge is 0.303 e. The standard InChI is InChI=1S/C18H24O2/c1-17-7-4-13(20)10-12(17)2-3-14-15(17)5-8-18(11-19)9-6-16(14)18/h10-11,14-16H,2-9H2,1H3. The molecule has 0 N–H and O–H groups in total. The zero-order valence-electron chi connectivity index (χ0n) is 12.4. The van der Waals surface area contributed by atoms with E-state index in [4.69, 9.17) is 0 Å². The fraction of sp³-hybridized carbons (Fsp3) is 0.778. The molecule has 108 valence electrons. The molecule has 4 aliphatic rings. The first-order valence-corrected chi connectivity index (χ1v) is 8.29. The van der Waals surface area contributed by atoms with Gasteiger partial charge in [0.25, 0.3) is 0 Å². The zero-order valence-corrected chi connectivity index (χ0v) is 12.4. The van der Waals surface area contributed by atoms with Gasteiger partial charge in [-0.1, -0.05) is 12.5 Å². The summed E-state index contributed by atoms with van der Waals surface area (Å²) in [5.74, 6) is 2.43. The van der Waals surface area contributed by atoms with Crippen molar-refractivity contribution in [2.24, 2.45) is 28.6 Å². The Morgan fingerprint density at radius 3 is 2.55 bits per heavy atom. The molecule has 0 aliphatic heterocycles. The molecule has 5 unspecified atom stereocenters. The van der Waals surface area contributed by atoms with Crippen LogP contribution in [0.25, 0.3) is 0 Å². The highest BCUT2D eigenvalue weighted by molar-refractivity contribution is 5.91. The summed E-state index contributed by atoms with van der Waals surface area (Å²) in [6.07, 6.45) is 12.0. The number of carbonyl (C=O) groups is 2. The lowest BCUT2D eigenvalue weighted by Gasteiger charge is -2.62. The molecule has 0 saturated heterocycles. The van der Waals surface area contributed by atoms with E-state index in [9.17, 15) is 9.59 Å². The highest BCUT2D eigenvalue weighted by Crippen LogP contribution is 2.66. The van der Waals surface area contributed by atoms with Gasteiger partial charge in [-0.2, -0.15) is 0 Å². The van der Waals surface area contributed by atoms with Crippen molar-refractivity contribution < 1.29 is 9.59 Å². The second-order valence-electron chi connectivity index (χ2n) is 7.90. The predicted molar refractivity (Wildman–Crippen MR) is 77.1 cm³/mol. The van der Waals surface area contributed by atoms with Gasteiger partial charge in [0.05, 0.1) is 0 Å². The second-order valence-corrected chi connectivity index (χ2v) is 7.90. The third kappa shape index (κ3) is 1.46. The van der Waals surface area contributed by atoms with Crippen LogP contribution in [0.5, 0.6) is 0 Å². The molecule has 2 nitrogen and oxygen atoms in total. The number of rotatable bonds is 1. The topological polar surface area (TPSA) is 34.1 Å². The van der Waals surface area contributed by atoms with Crippen LogP contribution in [0.3, 0.4) is 0 Å². The van der Waals surface area contributed by atoms with E-state index in [-0.39, 0.29) is 10.8 Å². The molecular weight excluding hydrogens is 248 g/mol. The second kappa shape index (κ2) is 4.05. The first-order valence-electron chi connectivity index (χ1n) is 8.29. The number of allylic oxidation sites excluding steroid dienone is 2. The Labute approximate surface area is 121 Å². The molecule has 4 rings (SSSR count). The minimum atomic E-state index is 0.0449. The fourth-order valence-corrected chi connectivity index (χ4v) is 6.03. The van der Waals surface area contributed by atoms with Gasteiger partial charge >= 0.3 is 0 Å². The zero-order chi connectivity index (χ0) is 14.0. The molecule has 2 heteroatoms. The minimum absolute atomic E-state index is 0.0449. The van der Waals surface area contributed by atoms with E-state index in [1.165, 1.54) is 31.1 Å². The molecule has 3 saturated carbocycles. The van der Waals surface area contributed by atoms with Gasteiger partial charge in [-0.3, -0.25) is 4.79 Å². The lowest BCUT2D eigenvalue weighted by Crippen LogP contribution is -2.56. The van der Waals surface area contributed by atoms with Crippen molar-refractivity contribution in [2.45, 2.75) is 58.3 Å². The summed E-state index contributed by atoms with van der Waals surface area (Å²) in [4.78, 5) is 23.3. The fourth-order valence-electron chi connectivity index (χ4n) is 6.03. The Bertz CT molecular complexity index is 506. The monoisotopic (exact) mass is 272 g/mol. The van der Waals surface area contributed by atoms with Crippen LogP contribution in [0.15, 0.2) is 11.6 Å². The van der Waals surface area contributed by atoms with Crippen LogP contribution in [0.4, 0.5) is 0 Å². The van der Waals surface area contributed by atoms with Crippen LogP contribution in [0, 0.1) is 28.6 Å². The third-order valence-corrected chi connectivity index (χ3v) is 7.37. The van der Waals surface area contributed by atoms with Gasteiger partial charge in [0.1, 0.15) is 6.29 Å². The Morgan fingerprint density at radius 2 is 1.85 bits per heavy atom. The number of hydrogen-bond donors (Lipinski definition) is 0. The Balaban J connectivity index is 1.68. The summed E-state index contributed by atoms with van der Waals surface area (Å²) in [6.45, 7) is 2.40. The predicted octanol–water partition coefficient (Wildman–Crippen LogP) is 3.70. The molecular formula is C18H24O2. The maximum Gasteiger partial charge on any atom is 0.155 e. The molecule has 0 radical (unpaired) electrons. The molecule has 0 bridgehead atoms. The average molecular weight is 272 g/mol. The summed E-state index contributed by atoms with van der Waals surface area (Å²) >= 11 is 0. The summed E-state index contributed by atoms with van der Waals surface area (Å²) < 4.78 is 0. The Kier molecular flexibility index (Phi) is 2.59. The van der Waals surface area contributed by atoms with E-state index < -0.39 is 0 Å². The SMILES string of the molecule is CC12CCC(=O)C=C1CCC1C3CCC3(C=O)CCC12. The van der Waals surface area contributed by atoms with Crippen molar-refractivity contribution in [3.8, 4) is 0 Å². The quantitative estimate of drug-likeness (QED) is 0.682. The van der Waals surface area contributed by atoms with Crippen LogP contribution in [-0.4, -0.2) is 12.1 Å². The van der Waals surface area contributed by atoms with Gasteiger partial charge in [0, 0.05) is 11.8 Å². The Morgan fingerprint density at radius 1 is 1.10 bits per heavy atom. The minimum Gasteiger partial charge on any atom is -0.303 e. The van der Waals surface area contributed by atoms with Crippen LogP contribution in [0.2, 0.25) is 0 Å². The maximum absolute atomic E-state index is 11.7. The van der Waals surface area contributed by atoms with E-state index in [1.54, 1.807) is 0 Å². The number of ketones is 1. The van der Waals surface area contributed by atoms with Gasteiger partial charge in [0.2, 0.25) is 0 Å². The van der Waals surface area contributed by atoms with Gasteiger partial charge in [-0.15, -0.1) is 0 Å². The van der Waals surface area contributed by atoms with Gasteiger partial charge in [0.15, 0.2) is 5.78 Å². The smallest absolute Gasteiger partial charge is 0.155 e. The van der Waals surface area contributed by atoms with Crippen molar-refractivity contribution in [3.63, 3.8) is 0 Å². The number of aldehydes is 1. The van der Waals surface area contributed by atoms with Crippen LogP contribution in [0.1, 0.15) is 58.3 Å². The normalized spacial score (nSPS) is 50.1. The average Bonchev–Trinajstić information content (AvgIpc) is 2.41. The third-order valence-electron chi connectivity index (χ3n) is 7.37. The van der Waals surface area contributed by atoms with E-state index in [2.05, 4.69) is 6.92 Å². The van der Waals surface area contributed by atoms with Crippen molar-refractivity contribution in [1.29, 1.82) is 0 Å². The molecule has 0 spiro atoms. The van der Waals surface area contributed by atoms with E-state index in [0.29, 0.717) is 17.6 Å². The van der Waals surface area contributed by atoms with Crippen molar-refractivity contribution in [1.82, 2.24) is 0 Å². The molecule has 4 aliphatic carbocycles. The lowest BCUT2D eigenvalue weighted by molar-refractivity contribution is -0.148. The number of fused-ring (bicyclic) bond motifs is 5. The van der Waals surface area contributed by atoms with Gasteiger partial charge in [-0.05, 0) is 74.2 Å². The summed E-state index contributed by atoms with van der Waals surface area (Å²) in [6, 6.07) is 0. The first kappa shape index (κ1) is 12.8. The molecule has 20 heavy (non-hydrogen) atoms. The molecule has 0 aromatic carbocycles. The summed E-state index contributed by atoms with van der Waals surface area (Å²) in [7, 11) is 0. The molecule has 0 aromatic rings. The van der Waals surface area contributed by atoms with Gasteiger partial charge in [-0.25, -0.2) is 0 Å². The van der Waals surface area contributed by atoms with Crippen molar-refractivity contribution >= 4 is 12.1 Å².